The van der Waals surface area contributed by atoms with Gasteiger partial charge in [0.25, 0.3) is 0 Å². The molecule has 2 N–H and O–H groups in total. The Balaban J connectivity index is 1.90. The van der Waals surface area contributed by atoms with Gasteiger partial charge < -0.3 is 10.4 Å². The Morgan fingerprint density at radius 3 is 3.05 bits per heavy atom. The smallest absolute Gasteiger partial charge is 0.303 e. The lowest BCUT2D eigenvalue weighted by atomic mass is 9.89. The van der Waals surface area contributed by atoms with Crippen LogP contribution in [0.3, 0.4) is 0 Å². The highest BCUT2D eigenvalue weighted by molar-refractivity contribution is 7.19. The summed E-state index contributed by atoms with van der Waals surface area (Å²) in [6.07, 6.45) is 4.22. The quantitative estimate of drug-likeness (QED) is 0.826. The van der Waals surface area contributed by atoms with Gasteiger partial charge in [0.2, 0.25) is 0 Å². The van der Waals surface area contributed by atoms with Gasteiger partial charge in [-0.15, -0.1) is 11.3 Å². The van der Waals surface area contributed by atoms with Crippen molar-refractivity contribution < 1.29 is 9.90 Å². The van der Waals surface area contributed by atoms with E-state index in [1.54, 1.807) is 11.3 Å². The van der Waals surface area contributed by atoms with Crippen molar-refractivity contribution in [2.24, 2.45) is 5.92 Å². The van der Waals surface area contributed by atoms with Gasteiger partial charge in [0, 0.05) is 17.8 Å². The number of fused-ring (bicyclic) bond motifs is 3. The standard InChI is InChI=1S/C16H21N3O2S/c1-9-5-6-11-12(8-9)22-16-14(11)15(18-10(2)19-16)17-7-3-4-13(20)21/h9H,3-8H2,1-2H3,(H,20,21)(H,17,18,19)/t9-/m0/s1. The molecule has 0 saturated heterocycles. The average Bonchev–Trinajstić information content (AvgIpc) is 2.79. The zero-order chi connectivity index (χ0) is 15.7. The Hall–Kier alpha value is -1.69. The van der Waals surface area contributed by atoms with Crippen molar-refractivity contribution in [1.82, 2.24) is 9.97 Å². The summed E-state index contributed by atoms with van der Waals surface area (Å²) >= 11 is 1.79. The minimum atomic E-state index is -0.757. The van der Waals surface area contributed by atoms with Crippen molar-refractivity contribution in [3.05, 3.63) is 16.3 Å². The summed E-state index contributed by atoms with van der Waals surface area (Å²) in [4.78, 5) is 22.3. The molecule has 0 aliphatic heterocycles. The molecule has 1 aliphatic carbocycles. The number of aryl methyl sites for hydroxylation is 2. The number of hydrogen-bond acceptors (Lipinski definition) is 5. The molecule has 0 unspecified atom stereocenters. The second-order valence-electron chi connectivity index (χ2n) is 6.08. The molecule has 0 aromatic carbocycles. The van der Waals surface area contributed by atoms with E-state index in [1.165, 1.54) is 16.9 Å². The molecule has 1 atom stereocenters. The molecule has 0 fully saturated rings. The van der Waals surface area contributed by atoms with Crippen LogP contribution in [-0.2, 0) is 17.6 Å². The Bertz CT molecular complexity index is 711. The van der Waals surface area contributed by atoms with Crippen molar-refractivity contribution in [3.8, 4) is 0 Å². The maximum absolute atomic E-state index is 10.6. The van der Waals surface area contributed by atoms with Crippen molar-refractivity contribution >= 4 is 33.3 Å². The summed E-state index contributed by atoms with van der Waals surface area (Å²) in [6.45, 7) is 4.83. The molecule has 6 heteroatoms. The molecule has 0 bridgehead atoms. The van der Waals surface area contributed by atoms with Crippen molar-refractivity contribution in [2.45, 2.75) is 46.0 Å². The minimum absolute atomic E-state index is 0.180. The molecule has 22 heavy (non-hydrogen) atoms. The number of carboxylic acid groups (broad SMARTS) is 1. The van der Waals surface area contributed by atoms with Crippen LogP contribution < -0.4 is 5.32 Å². The van der Waals surface area contributed by atoms with Crippen molar-refractivity contribution in [2.75, 3.05) is 11.9 Å². The van der Waals surface area contributed by atoms with E-state index >= 15 is 0 Å². The van der Waals surface area contributed by atoms with Crippen LogP contribution in [0.2, 0.25) is 0 Å². The zero-order valence-electron chi connectivity index (χ0n) is 13.0. The fourth-order valence-electron chi connectivity index (χ4n) is 3.02. The first-order valence-corrected chi connectivity index (χ1v) is 8.60. The molecule has 2 aromatic rings. The van der Waals surface area contributed by atoms with E-state index in [4.69, 9.17) is 5.11 Å². The van der Waals surface area contributed by atoms with Crippen LogP contribution >= 0.6 is 11.3 Å². The van der Waals surface area contributed by atoms with E-state index in [0.717, 1.165) is 40.6 Å². The van der Waals surface area contributed by atoms with Gasteiger partial charge in [0.15, 0.2) is 0 Å². The molecular formula is C16H21N3O2S. The second-order valence-corrected chi connectivity index (χ2v) is 7.16. The first kappa shape index (κ1) is 15.2. The molecule has 0 spiro atoms. The molecule has 0 radical (unpaired) electrons. The van der Waals surface area contributed by atoms with Gasteiger partial charge in [-0.1, -0.05) is 6.92 Å². The largest absolute Gasteiger partial charge is 0.481 e. The first-order chi connectivity index (χ1) is 10.5. The van der Waals surface area contributed by atoms with Crippen LogP contribution in [-0.4, -0.2) is 27.6 Å². The Morgan fingerprint density at radius 1 is 1.45 bits per heavy atom. The molecule has 118 valence electrons. The summed E-state index contributed by atoms with van der Waals surface area (Å²) in [5.41, 5.74) is 1.40. The van der Waals surface area contributed by atoms with E-state index in [9.17, 15) is 4.79 Å². The monoisotopic (exact) mass is 319 g/mol. The maximum Gasteiger partial charge on any atom is 0.303 e. The lowest BCUT2D eigenvalue weighted by Crippen LogP contribution is -2.10. The molecule has 1 aliphatic rings. The third-order valence-electron chi connectivity index (χ3n) is 4.13. The second kappa shape index (κ2) is 6.20. The molecule has 3 rings (SSSR count). The Labute approximate surface area is 133 Å². The molecule has 2 heterocycles. The summed E-state index contributed by atoms with van der Waals surface area (Å²) in [5.74, 6) is 1.62. The fraction of sp³-hybridized carbons (Fsp3) is 0.562. The number of carboxylic acids is 1. The highest BCUT2D eigenvalue weighted by Crippen LogP contribution is 2.39. The lowest BCUT2D eigenvalue weighted by Gasteiger charge is -2.18. The summed E-state index contributed by atoms with van der Waals surface area (Å²) in [5, 5.41) is 13.2. The first-order valence-electron chi connectivity index (χ1n) is 7.79. The van der Waals surface area contributed by atoms with Crippen molar-refractivity contribution in [1.29, 1.82) is 0 Å². The van der Waals surface area contributed by atoms with Crippen molar-refractivity contribution in [3.63, 3.8) is 0 Å². The molecule has 0 amide bonds. The van der Waals surface area contributed by atoms with Crippen LogP contribution in [0.1, 0.15) is 42.5 Å². The predicted molar refractivity (Wildman–Crippen MR) is 88.7 cm³/mol. The minimum Gasteiger partial charge on any atom is -0.481 e. The Morgan fingerprint density at radius 2 is 2.27 bits per heavy atom. The van der Waals surface area contributed by atoms with E-state index in [2.05, 4.69) is 22.2 Å². The van der Waals surface area contributed by atoms with Crippen LogP contribution in [0.25, 0.3) is 10.2 Å². The van der Waals surface area contributed by atoms with Gasteiger partial charge in [-0.25, -0.2) is 9.97 Å². The molecule has 2 aromatic heterocycles. The SMILES string of the molecule is Cc1nc(NCCCC(=O)O)c2c3c(sc2n1)C[C@@H](C)CC3. The topological polar surface area (TPSA) is 75.1 Å². The van der Waals surface area contributed by atoms with E-state index in [-0.39, 0.29) is 6.42 Å². The van der Waals surface area contributed by atoms with Crippen LogP contribution in [0, 0.1) is 12.8 Å². The molecule has 5 nitrogen and oxygen atoms in total. The van der Waals surface area contributed by atoms with E-state index in [1.807, 2.05) is 6.92 Å². The number of nitrogens with zero attached hydrogens (tertiary/aromatic N) is 2. The van der Waals surface area contributed by atoms with Gasteiger partial charge in [-0.2, -0.15) is 0 Å². The third-order valence-corrected chi connectivity index (χ3v) is 5.27. The number of anilines is 1. The highest BCUT2D eigenvalue weighted by Gasteiger charge is 2.23. The van der Waals surface area contributed by atoms with E-state index in [0.29, 0.717) is 13.0 Å². The summed E-state index contributed by atoms with van der Waals surface area (Å²) in [7, 11) is 0. The van der Waals surface area contributed by atoms with Crippen LogP contribution in [0.4, 0.5) is 5.82 Å². The van der Waals surface area contributed by atoms with Gasteiger partial charge in [0.05, 0.1) is 5.39 Å². The van der Waals surface area contributed by atoms with Crippen LogP contribution in [0.15, 0.2) is 0 Å². The zero-order valence-corrected chi connectivity index (χ0v) is 13.8. The number of aromatic nitrogens is 2. The van der Waals surface area contributed by atoms with Gasteiger partial charge >= 0.3 is 5.97 Å². The number of rotatable bonds is 5. The number of nitrogens with one attached hydrogen (secondary N) is 1. The van der Waals surface area contributed by atoms with E-state index < -0.39 is 5.97 Å². The molecular weight excluding hydrogens is 298 g/mol. The van der Waals surface area contributed by atoms with Gasteiger partial charge in [-0.05, 0) is 44.1 Å². The normalized spacial score (nSPS) is 17.5. The number of thiophene rings is 1. The predicted octanol–water partition coefficient (Wildman–Crippen LogP) is 3.40. The summed E-state index contributed by atoms with van der Waals surface area (Å²) in [6, 6.07) is 0. The Kier molecular flexibility index (Phi) is 4.29. The lowest BCUT2D eigenvalue weighted by molar-refractivity contribution is -0.137. The number of hydrogen-bond donors (Lipinski definition) is 2. The average molecular weight is 319 g/mol. The maximum atomic E-state index is 10.6. The fourth-order valence-corrected chi connectivity index (χ4v) is 4.45. The number of aliphatic carboxylic acids is 1. The number of carbonyl (C=O) groups is 1. The van der Waals surface area contributed by atoms with Gasteiger partial charge in [-0.3, -0.25) is 4.79 Å². The van der Waals surface area contributed by atoms with Crippen LogP contribution in [0.5, 0.6) is 0 Å². The van der Waals surface area contributed by atoms with Gasteiger partial charge in [0.1, 0.15) is 16.5 Å². The third kappa shape index (κ3) is 3.06. The molecule has 0 saturated carbocycles. The highest BCUT2D eigenvalue weighted by atomic mass is 32.1. The summed E-state index contributed by atoms with van der Waals surface area (Å²) < 4.78 is 0.